The molecule has 0 aliphatic carbocycles. The largest absolute Gasteiger partial charge is 0.399 e. The average molecular weight is 300 g/mol. The number of halogens is 1. The smallest absolute Gasteiger partial charge is 0.302 e. The van der Waals surface area contributed by atoms with E-state index in [9.17, 15) is 17.1 Å². The van der Waals surface area contributed by atoms with Crippen LogP contribution < -0.4 is 5.73 Å². The van der Waals surface area contributed by atoms with Gasteiger partial charge >= 0.3 is 10.2 Å². The lowest BCUT2D eigenvalue weighted by molar-refractivity contribution is -0.128. The van der Waals surface area contributed by atoms with E-state index < -0.39 is 21.9 Å². The lowest BCUT2D eigenvalue weighted by Gasteiger charge is -2.17. The van der Waals surface area contributed by atoms with Gasteiger partial charge in [0.05, 0.1) is 5.75 Å². The van der Waals surface area contributed by atoms with Gasteiger partial charge in [-0.3, -0.25) is 4.79 Å². The maximum Gasteiger partial charge on any atom is 0.302 e. The maximum atomic E-state index is 12.6. The van der Waals surface area contributed by atoms with Gasteiger partial charge in [-0.1, -0.05) is 12.1 Å². The van der Waals surface area contributed by atoms with Gasteiger partial charge in [-0.25, -0.2) is 0 Å². The van der Waals surface area contributed by atoms with Crippen LogP contribution in [-0.2, 0) is 21.6 Å². The number of hydrogen-bond acceptors (Lipinski definition) is 4. The fourth-order valence-corrected chi connectivity index (χ4v) is 3.24. The Labute approximate surface area is 117 Å². The molecule has 0 saturated carbocycles. The van der Waals surface area contributed by atoms with Crippen molar-refractivity contribution >= 4 is 21.8 Å². The summed E-state index contributed by atoms with van der Waals surface area (Å²) in [6.07, 6.45) is 0.0805. The number of nitrogens with zero attached hydrogens (tertiary/aromatic N) is 1. The summed E-state index contributed by atoms with van der Waals surface area (Å²) in [5.41, 5.74) is 8.26. The Kier molecular flexibility index (Phi) is 3.99. The first-order valence-corrected chi connectivity index (χ1v) is 7.85. The molecule has 20 heavy (non-hydrogen) atoms. The highest BCUT2D eigenvalue weighted by Crippen LogP contribution is 2.23. The van der Waals surface area contributed by atoms with Crippen molar-refractivity contribution in [3.8, 4) is 0 Å². The second-order valence-electron chi connectivity index (χ2n) is 5.24. The van der Waals surface area contributed by atoms with Gasteiger partial charge in [0.2, 0.25) is 5.91 Å². The van der Waals surface area contributed by atoms with Crippen LogP contribution in [0.15, 0.2) is 18.2 Å². The van der Waals surface area contributed by atoms with E-state index in [-0.39, 0.29) is 18.9 Å². The van der Waals surface area contributed by atoms with Crippen LogP contribution in [0.4, 0.5) is 9.57 Å². The molecule has 0 spiro atoms. The van der Waals surface area contributed by atoms with Crippen LogP contribution >= 0.6 is 0 Å². The summed E-state index contributed by atoms with van der Waals surface area (Å²) < 4.78 is 33.9. The number of amides is 1. The van der Waals surface area contributed by atoms with E-state index in [1.807, 2.05) is 19.1 Å². The van der Waals surface area contributed by atoms with Gasteiger partial charge in [0.15, 0.2) is 0 Å². The van der Waals surface area contributed by atoms with E-state index in [1.165, 1.54) is 0 Å². The lowest BCUT2D eigenvalue weighted by atomic mass is 10.1. The summed E-state index contributed by atoms with van der Waals surface area (Å²) >= 11 is 0. The van der Waals surface area contributed by atoms with E-state index in [0.29, 0.717) is 12.2 Å². The Balaban J connectivity index is 2.03. The fourth-order valence-electron chi connectivity index (χ4n) is 2.46. The van der Waals surface area contributed by atoms with Gasteiger partial charge < -0.3 is 10.6 Å². The number of nitrogen functional groups attached to an aromatic ring is 1. The number of carbonyl (C=O) groups is 1. The number of hydrogen-bond donors (Lipinski definition) is 1. The predicted octanol–water partition coefficient (Wildman–Crippen LogP) is 1.23. The van der Waals surface area contributed by atoms with Gasteiger partial charge in [0.25, 0.3) is 0 Å². The number of likely N-dealkylation sites (tertiary alicyclic amines) is 1. The molecule has 110 valence electrons. The molecule has 1 amide bonds. The highest BCUT2D eigenvalue weighted by atomic mass is 32.3. The van der Waals surface area contributed by atoms with Crippen molar-refractivity contribution in [2.75, 3.05) is 18.0 Å². The van der Waals surface area contributed by atoms with Gasteiger partial charge in [-0.2, -0.15) is 8.42 Å². The molecular weight excluding hydrogens is 283 g/mol. The number of aryl methyl sites for hydroxylation is 1. The van der Waals surface area contributed by atoms with Crippen LogP contribution in [-0.4, -0.2) is 31.5 Å². The predicted molar refractivity (Wildman–Crippen MR) is 74.0 cm³/mol. The number of benzene rings is 1. The Morgan fingerprint density at radius 1 is 1.45 bits per heavy atom. The Bertz CT molecular complexity index is 631. The van der Waals surface area contributed by atoms with Crippen molar-refractivity contribution in [1.29, 1.82) is 0 Å². The van der Waals surface area contributed by atoms with Gasteiger partial charge in [-0.05, 0) is 24.1 Å². The molecule has 0 aromatic heterocycles. The third-order valence-corrected chi connectivity index (χ3v) is 4.31. The standard InChI is InChI=1S/C13H17FN2O3S/c1-9-4-10(2-3-12(9)15)6-16-7-11(5-13(16)17)8-20(14,18)19/h2-4,11H,5-8,15H2,1H3. The highest BCUT2D eigenvalue weighted by Gasteiger charge is 2.32. The Morgan fingerprint density at radius 3 is 2.75 bits per heavy atom. The zero-order valence-electron chi connectivity index (χ0n) is 11.2. The van der Waals surface area contributed by atoms with Crippen LogP contribution in [0.25, 0.3) is 0 Å². The summed E-state index contributed by atoms with van der Waals surface area (Å²) in [4.78, 5) is 13.4. The molecule has 1 atom stereocenters. The molecule has 2 N–H and O–H groups in total. The summed E-state index contributed by atoms with van der Waals surface area (Å²) in [6.45, 7) is 2.54. The van der Waals surface area contributed by atoms with Crippen molar-refractivity contribution < 1.29 is 17.1 Å². The van der Waals surface area contributed by atoms with Gasteiger partial charge in [-0.15, -0.1) is 3.89 Å². The maximum absolute atomic E-state index is 12.6. The molecule has 5 nitrogen and oxygen atoms in total. The molecule has 1 saturated heterocycles. The van der Waals surface area contributed by atoms with E-state index in [2.05, 4.69) is 0 Å². The molecule has 1 aromatic carbocycles. The first-order chi connectivity index (χ1) is 9.24. The van der Waals surface area contributed by atoms with Crippen LogP contribution in [0.2, 0.25) is 0 Å². The number of carbonyl (C=O) groups excluding carboxylic acids is 1. The van der Waals surface area contributed by atoms with Crippen LogP contribution in [0, 0.1) is 12.8 Å². The first-order valence-electron chi connectivity index (χ1n) is 6.30. The van der Waals surface area contributed by atoms with Crippen LogP contribution in [0.1, 0.15) is 17.5 Å². The summed E-state index contributed by atoms with van der Waals surface area (Å²) in [5.74, 6) is -1.20. The van der Waals surface area contributed by atoms with Gasteiger partial charge in [0.1, 0.15) is 0 Å². The van der Waals surface area contributed by atoms with Crippen molar-refractivity contribution in [3.63, 3.8) is 0 Å². The molecule has 1 unspecified atom stereocenters. The molecule has 0 radical (unpaired) electrons. The monoisotopic (exact) mass is 300 g/mol. The lowest BCUT2D eigenvalue weighted by Crippen LogP contribution is -2.25. The van der Waals surface area contributed by atoms with E-state index >= 15 is 0 Å². The van der Waals surface area contributed by atoms with Crippen molar-refractivity contribution in [1.82, 2.24) is 4.90 Å². The Morgan fingerprint density at radius 2 is 2.15 bits per heavy atom. The zero-order valence-corrected chi connectivity index (χ0v) is 12.0. The minimum absolute atomic E-state index is 0.0805. The van der Waals surface area contributed by atoms with Crippen molar-refractivity contribution in [2.24, 2.45) is 5.92 Å². The fraction of sp³-hybridized carbons (Fsp3) is 0.462. The second-order valence-corrected chi connectivity index (χ2v) is 6.65. The number of anilines is 1. The van der Waals surface area contributed by atoms with Crippen molar-refractivity contribution in [3.05, 3.63) is 29.3 Å². The summed E-state index contributed by atoms with van der Waals surface area (Å²) in [5, 5.41) is 0. The molecule has 0 bridgehead atoms. The first kappa shape index (κ1) is 14.8. The molecule has 1 fully saturated rings. The minimum atomic E-state index is -4.54. The average Bonchev–Trinajstić information content (AvgIpc) is 2.62. The van der Waals surface area contributed by atoms with Crippen molar-refractivity contribution in [2.45, 2.75) is 19.9 Å². The third kappa shape index (κ3) is 3.69. The molecule has 1 heterocycles. The van der Waals surface area contributed by atoms with Crippen LogP contribution in [0.5, 0.6) is 0 Å². The quantitative estimate of drug-likeness (QED) is 0.670. The van der Waals surface area contributed by atoms with E-state index in [0.717, 1.165) is 11.1 Å². The molecule has 1 aliphatic rings. The molecular formula is C13H17FN2O3S. The molecule has 1 aromatic rings. The summed E-state index contributed by atoms with van der Waals surface area (Å²) in [7, 11) is -4.54. The SMILES string of the molecule is Cc1cc(CN2CC(CS(=O)(=O)F)CC2=O)ccc1N. The summed E-state index contributed by atoms with van der Waals surface area (Å²) in [6, 6.07) is 5.49. The third-order valence-electron chi connectivity index (χ3n) is 3.44. The Hall–Kier alpha value is -1.63. The normalized spacial score (nSPS) is 19.6. The van der Waals surface area contributed by atoms with E-state index in [4.69, 9.17) is 5.73 Å². The molecule has 1 aliphatic heterocycles. The number of nitrogens with two attached hydrogens (primary N) is 1. The molecule has 7 heteroatoms. The van der Waals surface area contributed by atoms with Gasteiger partial charge in [0, 0.05) is 31.1 Å². The highest BCUT2D eigenvalue weighted by molar-refractivity contribution is 7.86. The molecule has 2 rings (SSSR count). The zero-order chi connectivity index (χ0) is 14.9. The van der Waals surface area contributed by atoms with E-state index in [1.54, 1.807) is 11.0 Å². The topological polar surface area (TPSA) is 80.5 Å². The number of rotatable bonds is 4. The second kappa shape index (κ2) is 5.40. The van der Waals surface area contributed by atoms with Crippen LogP contribution in [0.3, 0.4) is 0 Å². The minimum Gasteiger partial charge on any atom is -0.399 e.